The van der Waals surface area contributed by atoms with E-state index in [-0.39, 0.29) is 5.91 Å². The van der Waals surface area contributed by atoms with E-state index in [0.29, 0.717) is 21.3 Å². The van der Waals surface area contributed by atoms with Crippen molar-refractivity contribution in [2.24, 2.45) is 0 Å². The molecule has 6 nitrogen and oxygen atoms in total. The van der Waals surface area contributed by atoms with Crippen LogP contribution < -0.4 is 5.32 Å². The van der Waals surface area contributed by atoms with Crippen molar-refractivity contribution >= 4 is 34.8 Å². The lowest BCUT2D eigenvalue weighted by Crippen LogP contribution is -2.12. The molecule has 110 valence electrons. The number of halogens is 2. The fourth-order valence-corrected chi connectivity index (χ4v) is 2.29. The molecule has 22 heavy (non-hydrogen) atoms. The summed E-state index contributed by atoms with van der Waals surface area (Å²) in [4.78, 5) is 12.2. The Morgan fingerprint density at radius 2 is 1.86 bits per heavy atom. The summed E-state index contributed by atoms with van der Waals surface area (Å²) in [5.74, 6) is -0.271. The van der Waals surface area contributed by atoms with E-state index in [1.54, 1.807) is 42.5 Å². The van der Waals surface area contributed by atoms with E-state index >= 15 is 0 Å². The van der Waals surface area contributed by atoms with Crippen LogP contribution in [0.2, 0.25) is 10.0 Å². The number of hydrogen-bond acceptors (Lipinski definition) is 4. The maximum atomic E-state index is 12.2. The number of nitrogens with one attached hydrogen (secondary N) is 1. The van der Waals surface area contributed by atoms with E-state index in [1.165, 1.54) is 11.0 Å². The highest BCUT2D eigenvalue weighted by atomic mass is 35.5. The fourth-order valence-electron chi connectivity index (χ4n) is 1.83. The van der Waals surface area contributed by atoms with Gasteiger partial charge in [0.05, 0.1) is 16.4 Å². The van der Waals surface area contributed by atoms with Crippen molar-refractivity contribution in [3.05, 3.63) is 64.4 Å². The molecule has 1 aromatic heterocycles. The minimum Gasteiger partial charge on any atom is -0.321 e. The predicted molar refractivity (Wildman–Crippen MR) is 83.6 cm³/mol. The van der Waals surface area contributed by atoms with Crippen LogP contribution in [-0.4, -0.2) is 26.1 Å². The zero-order chi connectivity index (χ0) is 15.5. The number of carbonyl (C=O) groups excluding carboxylic acids is 1. The number of carbonyl (C=O) groups is 1. The van der Waals surface area contributed by atoms with E-state index in [2.05, 4.69) is 20.8 Å². The van der Waals surface area contributed by atoms with Crippen LogP contribution in [-0.2, 0) is 0 Å². The SMILES string of the molecule is O=C(Nc1ccc(Cl)cc1Cl)c1ccc(-n2cnnn2)cc1. The van der Waals surface area contributed by atoms with Crippen molar-refractivity contribution in [1.82, 2.24) is 20.2 Å². The quantitative estimate of drug-likeness (QED) is 0.798. The Morgan fingerprint density at radius 1 is 1.09 bits per heavy atom. The Labute approximate surface area is 135 Å². The highest BCUT2D eigenvalue weighted by Gasteiger charge is 2.09. The first-order chi connectivity index (χ1) is 10.6. The molecule has 0 aliphatic heterocycles. The van der Waals surface area contributed by atoms with Gasteiger partial charge in [0, 0.05) is 10.6 Å². The van der Waals surface area contributed by atoms with Crippen molar-refractivity contribution in [3.63, 3.8) is 0 Å². The largest absolute Gasteiger partial charge is 0.321 e. The molecule has 1 heterocycles. The standard InChI is InChI=1S/C14H9Cl2N5O/c15-10-3-6-13(12(16)7-10)18-14(22)9-1-4-11(5-2-9)21-8-17-19-20-21/h1-8H,(H,18,22). The summed E-state index contributed by atoms with van der Waals surface area (Å²) in [5.41, 5.74) is 1.74. The topological polar surface area (TPSA) is 72.7 Å². The second-order valence-corrected chi connectivity index (χ2v) is 5.22. The van der Waals surface area contributed by atoms with E-state index < -0.39 is 0 Å². The third-order valence-electron chi connectivity index (χ3n) is 2.92. The van der Waals surface area contributed by atoms with Crippen LogP contribution in [0.5, 0.6) is 0 Å². The number of hydrogen-bond donors (Lipinski definition) is 1. The number of aromatic nitrogens is 4. The van der Waals surface area contributed by atoms with Gasteiger partial charge in [-0.1, -0.05) is 23.2 Å². The maximum absolute atomic E-state index is 12.2. The molecule has 0 atom stereocenters. The predicted octanol–water partition coefficient (Wildman–Crippen LogP) is 3.22. The minimum atomic E-state index is -0.271. The summed E-state index contributed by atoms with van der Waals surface area (Å²) in [5, 5.41) is 14.5. The highest BCUT2D eigenvalue weighted by molar-refractivity contribution is 6.36. The first-order valence-corrected chi connectivity index (χ1v) is 6.99. The molecule has 2 aromatic carbocycles. The third kappa shape index (κ3) is 3.08. The van der Waals surface area contributed by atoms with E-state index in [9.17, 15) is 4.79 Å². The molecule has 0 saturated heterocycles. The number of rotatable bonds is 3. The van der Waals surface area contributed by atoms with Crippen LogP contribution >= 0.6 is 23.2 Å². The van der Waals surface area contributed by atoms with Gasteiger partial charge in [-0.05, 0) is 52.9 Å². The molecule has 0 saturated carbocycles. The van der Waals surface area contributed by atoms with Crippen LogP contribution in [0.25, 0.3) is 5.69 Å². The van der Waals surface area contributed by atoms with Crippen LogP contribution in [0, 0.1) is 0 Å². The summed E-state index contributed by atoms with van der Waals surface area (Å²) >= 11 is 11.9. The number of tetrazole rings is 1. The van der Waals surface area contributed by atoms with Crippen molar-refractivity contribution in [2.75, 3.05) is 5.32 Å². The molecule has 0 radical (unpaired) electrons. The Morgan fingerprint density at radius 3 is 2.50 bits per heavy atom. The minimum absolute atomic E-state index is 0.271. The second kappa shape index (κ2) is 6.13. The lowest BCUT2D eigenvalue weighted by Gasteiger charge is -2.08. The second-order valence-electron chi connectivity index (χ2n) is 4.38. The van der Waals surface area contributed by atoms with E-state index in [1.807, 2.05) is 0 Å². The fraction of sp³-hybridized carbons (Fsp3) is 0. The zero-order valence-corrected chi connectivity index (χ0v) is 12.6. The average Bonchev–Trinajstić information content (AvgIpc) is 3.04. The molecule has 0 aliphatic carbocycles. The molecule has 8 heteroatoms. The molecule has 0 bridgehead atoms. The van der Waals surface area contributed by atoms with Gasteiger partial charge < -0.3 is 5.32 Å². The Bertz CT molecular complexity index is 803. The van der Waals surface area contributed by atoms with Gasteiger partial charge in [0.15, 0.2) is 0 Å². The van der Waals surface area contributed by atoms with Gasteiger partial charge >= 0.3 is 0 Å². The summed E-state index contributed by atoms with van der Waals surface area (Å²) in [6.45, 7) is 0. The average molecular weight is 334 g/mol. The summed E-state index contributed by atoms with van der Waals surface area (Å²) in [7, 11) is 0. The Balaban J connectivity index is 1.77. The first-order valence-electron chi connectivity index (χ1n) is 6.23. The Kier molecular flexibility index (Phi) is 4.04. The van der Waals surface area contributed by atoms with Crippen LogP contribution in [0.15, 0.2) is 48.8 Å². The van der Waals surface area contributed by atoms with Gasteiger partial charge in [-0.15, -0.1) is 5.10 Å². The molecule has 0 aliphatic rings. The van der Waals surface area contributed by atoms with Crippen molar-refractivity contribution < 1.29 is 4.79 Å². The molecule has 1 amide bonds. The van der Waals surface area contributed by atoms with Gasteiger partial charge in [0.2, 0.25) is 0 Å². The Hall–Kier alpha value is -2.44. The number of anilines is 1. The zero-order valence-electron chi connectivity index (χ0n) is 11.1. The smallest absolute Gasteiger partial charge is 0.255 e. The molecule has 0 spiro atoms. The van der Waals surface area contributed by atoms with Crippen LogP contribution in [0.3, 0.4) is 0 Å². The van der Waals surface area contributed by atoms with Gasteiger partial charge in [-0.25, -0.2) is 4.68 Å². The summed E-state index contributed by atoms with van der Waals surface area (Å²) < 4.78 is 1.50. The van der Waals surface area contributed by atoms with E-state index in [4.69, 9.17) is 23.2 Å². The molecular weight excluding hydrogens is 325 g/mol. The summed E-state index contributed by atoms with van der Waals surface area (Å²) in [6, 6.07) is 11.7. The maximum Gasteiger partial charge on any atom is 0.255 e. The molecule has 3 aromatic rings. The first kappa shape index (κ1) is 14.5. The lowest BCUT2D eigenvalue weighted by atomic mass is 10.2. The summed E-state index contributed by atoms with van der Waals surface area (Å²) in [6.07, 6.45) is 1.47. The van der Waals surface area contributed by atoms with Crippen molar-refractivity contribution in [2.45, 2.75) is 0 Å². The highest BCUT2D eigenvalue weighted by Crippen LogP contribution is 2.25. The van der Waals surface area contributed by atoms with Crippen LogP contribution in [0.4, 0.5) is 5.69 Å². The number of benzene rings is 2. The number of amides is 1. The molecular formula is C14H9Cl2N5O. The normalized spacial score (nSPS) is 10.5. The van der Waals surface area contributed by atoms with Gasteiger partial charge in [-0.3, -0.25) is 4.79 Å². The lowest BCUT2D eigenvalue weighted by molar-refractivity contribution is 0.102. The number of nitrogens with zero attached hydrogens (tertiary/aromatic N) is 4. The van der Waals surface area contributed by atoms with E-state index in [0.717, 1.165) is 5.69 Å². The van der Waals surface area contributed by atoms with Crippen LogP contribution in [0.1, 0.15) is 10.4 Å². The van der Waals surface area contributed by atoms with Gasteiger partial charge in [0.1, 0.15) is 6.33 Å². The van der Waals surface area contributed by atoms with Gasteiger partial charge in [-0.2, -0.15) is 0 Å². The monoisotopic (exact) mass is 333 g/mol. The molecule has 3 rings (SSSR count). The molecule has 0 unspecified atom stereocenters. The third-order valence-corrected chi connectivity index (χ3v) is 3.47. The molecule has 1 N–H and O–H groups in total. The van der Waals surface area contributed by atoms with Gasteiger partial charge in [0.25, 0.3) is 5.91 Å². The molecule has 0 fully saturated rings. The van der Waals surface area contributed by atoms with Crippen molar-refractivity contribution in [3.8, 4) is 5.69 Å². The van der Waals surface area contributed by atoms with Crippen molar-refractivity contribution in [1.29, 1.82) is 0 Å².